The van der Waals surface area contributed by atoms with Gasteiger partial charge in [-0.05, 0) is 61.3 Å². The van der Waals surface area contributed by atoms with E-state index in [1.165, 1.54) is 0 Å². The largest absolute Gasteiger partial charge is 0.370 e. The molecule has 4 heterocycles. The van der Waals surface area contributed by atoms with E-state index in [2.05, 4.69) is 43.4 Å². The Bertz CT molecular complexity index is 1550. The molecule has 9 nitrogen and oxygen atoms in total. The summed E-state index contributed by atoms with van der Waals surface area (Å²) in [5, 5.41) is 16.7. The maximum absolute atomic E-state index is 9.18. The fourth-order valence-electron chi connectivity index (χ4n) is 3.85. The molecule has 4 aromatic heterocycles. The number of hydrogen-bond donors (Lipinski definition) is 3. The van der Waals surface area contributed by atoms with Crippen molar-refractivity contribution in [2.24, 2.45) is 5.73 Å². The number of thiazole rings is 1. The Kier molecular flexibility index (Phi) is 6.84. The smallest absolute Gasteiger partial charge is 0.189 e. The first-order valence-corrected chi connectivity index (χ1v) is 12.4. The number of nitrogens with two attached hydrogens (primary N) is 1. The highest BCUT2D eigenvalue weighted by atomic mass is 32.1. The number of aromatic nitrogens is 5. The Hall–Kier alpha value is -4.33. The molecule has 0 fully saturated rings. The summed E-state index contributed by atoms with van der Waals surface area (Å²) in [6.45, 7) is 4.05. The van der Waals surface area contributed by atoms with Crippen molar-refractivity contribution in [3.63, 3.8) is 0 Å². The average Bonchev–Trinajstić information content (AvgIpc) is 3.48. The lowest BCUT2D eigenvalue weighted by molar-refractivity contribution is 0.760. The van der Waals surface area contributed by atoms with E-state index in [1.807, 2.05) is 37.4 Å². The minimum atomic E-state index is 0.534. The molecule has 5 rings (SSSR count). The number of imidazole rings is 1. The van der Waals surface area contributed by atoms with Gasteiger partial charge in [0.25, 0.3) is 0 Å². The van der Waals surface area contributed by atoms with Gasteiger partial charge < -0.3 is 20.9 Å². The van der Waals surface area contributed by atoms with Crippen molar-refractivity contribution in [2.75, 3.05) is 23.7 Å². The molecule has 0 radical (unpaired) electrons. The Morgan fingerprint density at radius 2 is 1.97 bits per heavy atom. The van der Waals surface area contributed by atoms with Crippen molar-refractivity contribution in [2.45, 2.75) is 19.9 Å². The summed E-state index contributed by atoms with van der Waals surface area (Å²) in [4.78, 5) is 18.0. The summed E-state index contributed by atoms with van der Waals surface area (Å²) >= 11 is 1.55. The molecule has 0 spiro atoms. The maximum atomic E-state index is 9.18. The molecule has 0 aliphatic rings. The summed E-state index contributed by atoms with van der Waals surface area (Å²) in [6, 6.07) is 14.1. The molecule has 0 bridgehead atoms. The summed E-state index contributed by atoms with van der Waals surface area (Å²) in [5.41, 5.74) is 10.1. The van der Waals surface area contributed by atoms with Gasteiger partial charge in [-0.2, -0.15) is 5.26 Å². The molecule has 0 aliphatic carbocycles. The number of nitrogens with zero attached hydrogens (tertiary/aromatic N) is 6. The van der Waals surface area contributed by atoms with Crippen LogP contribution < -0.4 is 16.4 Å². The van der Waals surface area contributed by atoms with E-state index in [1.54, 1.807) is 29.9 Å². The van der Waals surface area contributed by atoms with Crippen molar-refractivity contribution in [3.8, 4) is 17.2 Å². The van der Waals surface area contributed by atoms with Crippen LogP contribution in [0, 0.1) is 18.3 Å². The van der Waals surface area contributed by atoms with Crippen molar-refractivity contribution < 1.29 is 0 Å². The Balaban J connectivity index is 1.42. The summed E-state index contributed by atoms with van der Waals surface area (Å²) < 4.78 is 3.13. The average molecular weight is 496 g/mol. The molecule has 10 heteroatoms. The van der Waals surface area contributed by atoms with Crippen molar-refractivity contribution >= 4 is 38.3 Å². The predicted molar refractivity (Wildman–Crippen MR) is 143 cm³/mol. The first kappa shape index (κ1) is 23.4. The molecule has 4 N–H and O–H groups in total. The van der Waals surface area contributed by atoms with Gasteiger partial charge in [0.05, 0.1) is 15.8 Å². The molecule has 0 saturated carbocycles. The van der Waals surface area contributed by atoms with Crippen LogP contribution in [0.15, 0.2) is 61.2 Å². The van der Waals surface area contributed by atoms with E-state index in [0.29, 0.717) is 24.5 Å². The minimum Gasteiger partial charge on any atom is -0.370 e. The van der Waals surface area contributed by atoms with Gasteiger partial charge >= 0.3 is 0 Å². The second-order valence-corrected chi connectivity index (χ2v) is 9.35. The summed E-state index contributed by atoms with van der Waals surface area (Å²) in [6.07, 6.45) is 7.96. The van der Waals surface area contributed by atoms with Gasteiger partial charge in [0, 0.05) is 43.4 Å². The van der Waals surface area contributed by atoms with Crippen LogP contribution in [-0.2, 0) is 6.54 Å². The topological polar surface area (TPSA) is 130 Å². The van der Waals surface area contributed by atoms with E-state index < -0.39 is 0 Å². The highest BCUT2D eigenvalue weighted by molar-refractivity contribution is 7.22. The van der Waals surface area contributed by atoms with E-state index in [0.717, 1.165) is 56.6 Å². The molecule has 0 aliphatic heterocycles. The Morgan fingerprint density at radius 3 is 2.78 bits per heavy atom. The monoisotopic (exact) mass is 495 g/mol. The molecule has 0 saturated heterocycles. The SMILES string of the molecule is Cc1nccn1Cc1cc(NCCCN)nc(Nc2nc3ccc(-c4cncc(C#N)c4)cc3s2)c1. The molecular weight excluding hydrogens is 470 g/mol. The molecule has 5 aromatic rings. The first-order valence-electron chi connectivity index (χ1n) is 11.6. The fourth-order valence-corrected chi connectivity index (χ4v) is 4.76. The minimum absolute atomic E-state index is 0.534. The van der Waals surface area contributed by atoms with Gasteiger partial charge in [-0.1, -0.05) is 17.4 Å². The third kappa shape index (κ3) is 5.33. The number of rotatable bonds is 9. The standard InChI is InChI=1S/C26H25N9S/c1-17-30-7-8-35(17)16-18-10-24(31-6-2-5-27)33-25(11-18)34-26-32-22-4-3-20(12-23(22)36-26)21-9-19(13-28)14-29-15-21/h3-4,7-12,14-15H,2,5-6,16,27H2,1H3,(H2,31,32,33,34). The van der Waals surface area contributed by atoms with Gasteiger partial charge in [0.2, 0.25) is 0 Å². The van der Waals surface area contributed by atoms with Crippen LogP contribution in [0.25, 0.3) is 21.3 Å². The van der Waals surface area contributed by atoms with Crippen LogP contribution in [0.1, 0.15) is 23.4 Å². The van der Waals surface area contributed by atoms with Crippen LogP contribution in [0.4, 0.5) is 16.8 Å². The number of aryl methyl sites for hydroxylation is 1. The number of pyridine rings is 2. The predicted octanol–water partition coefficient (Wildman–Crippen LogP) is 4.68. The highest BCUT2D eigenvalue weighted by Crippen LogP contribution is 2.32. The highest BCUT2D eigenvalue weighted by Gasteiger charge is 2.10. The zero-order chi connectivity index (χ0) is 24.9. The van der Waals surface area contributed by atoms with Gasteiger partial charge in [0.15, 0.2) is 5.13 Å². The molecular formula is C26H25N9S. The molecule has 0 amide bonds. The van der Waals surface area contributed by atoms with Crippen LogP contribution in [0.3, 0.4) is 0 Å². The Labute approximate surface area is 212 Å². The lowest BCUT2D eigenvalue weighted by Gasteiger charge is -2.12. The lowest BCUT2D eigenvalue weighted by atomic mass is 10.1. The van der Waals surface area contributed by atoms with Gasteiger partial charge in [-0.25, -0.2) is 15.0 Å². The number of nitrogens with one attached hydrogen (secondary N) is 2. The van der Waals surface area contributed by atoms with Crippen molar-refractivity contribution in [1.82, 2.24) is 24.5 Å². The molecule has 0 atom stereocenters. The maximum Gasteiger partial charge on any atom is 0.189 e. The van der Waals surface area contributed by atoms with Gasteiger partial charge in [-0.15, -0.1) is 0 Å². The molecule has 36 heavy (non-hydrogen) atoms. The number of anilines is 3. The zero-order valence-electron chi connectivity index (χ0n) is 19.8. The number of benzene rings is 1. The van der Waals surface area contributed by atoms with E-state index in [-0.39, 0.29) is 0 Å². The normalized spacial score (nSPS) is 10.9. The number of hydrogen-bond acceptors (Lipinski definition) is 9. The van der Waals surface area contributed by atoms with Crippen molar-refractivity contribution in [1.29, 1.82) is 5.26 Å². The molecule has 0 unspecified atom stereocenters. The first-order chi connectivity index (χ1) is 17.6. The van der Waals surface area contributed by atoms with Crippen LogP contribution in [0.2, 0.25) is 0 Å². The van der Waals surface area contributed by atoms with Crippen LogP contribution >= 0.6 is 11.3 Å². The van der Waals surface area contributed by atoms with Gasteiger partial charge in [0.1, 0.15) is 23.5 Å². The van der Waals surface area contributed by atoms with E-state index >= 15 is 0 Å². The fraction of sp³-hybridized carbons (Fsp3) is 0.192. The van der Waals surface area contributed by atoms with Gasteiger partial charge in [-0.3, -0.25) is 4.98 Å². The Morgan fingerprint density at radius 1 is 1.08 bits per heavy atom. The molecule has 1 aromatic carbocycles. The number of fused-ring (bicyclic) bond motifs is 1. The number of nitriles is 1. The second-order valence-electron chi connectivity index (χ2n) is 8.32. The van der Waals surface area contributed by atoms with E-state index in [4.69, 9.17) is 15.7 Å². The summed E-state index contributed by atoms with van der Waals surface area (Å²) in [7, 11) is 0. The summed E-state index contributed by atoms with van der Waals surface area (Å²) in [5.74, 6) is 2.46. The van der Waals surface area contributed by atoms with Crippen molar-refractivity contribution in [3.05, 3.63) is 78.1 Å². The third-order valence-electron chi connectivity index (χ3n) is 5.67. The van der Waals surface area contributed by atoms with Crippen LogP contribution in [-0.4, -0.2) is 37.6 Å². The second kappa shape index (κ2) is 10.5. The quantitative estimate of drug-likeness (QED) is 0.251. The van der Waals surface area contributed by atoms with E-state index in [9.17, 15) is 5.26 Å². The molecule has 180 valence electrons. The zero-order valence-corrected chi connectivity index (χ0v) is 20.6. The van der Waals surface area contributed by atoms with Crippen LogP contribution in [0.5, 0.6) is 0 Å². The third-order valence-corrected chi connectivity index (χ3v) is 6.61. The lowest BCUT2D eigenvalue weighted by Crippen LogP contribution is -2.11.